The van der Waals surface area contributed by atoms with Crippen molar-refractivity contribution in [1.82, 2.24) is 40.4 Å². The topological polar surface area (TPSA) is 175 Å². The molecule has 60 heavy (non-hydrogen) atoms. The number of rotatable bonds is 10. The molecule has 4 aliphatic rings. The van der Waals surface area contributed by atoms with Gasteiger partial charge in [-0.05, 0) is 108 Å². The Hall–Kier alpha value is -5.80. The van der Waals surface area contributed by atoms with Crippen molar-refractivity contribution in [2.75, 3.05) is 27.3 Å². The van der Waals surface area contributed by atoms with Crippen LogP contribution in [0.4, 0.5) is 18.4 Å². The fourth-order valence-corrected chi connectivity index (χ4v) is 9.49. The second kappa shape index (κ2) is 16.0. The van der Waals surface area contributed by atoms with Crippen LogP contribution >= 0.6 is 0 Å². The number of amides is 4. The van der Waals surface area contributed by atoms with Crippen LogP contribution in [-0.2, 0) is 44.7 Å². The number of aromatic amines is 2. The van der Waals surface area contributed by atoms with Crippen LogP contribution in [0.5, 0.6) is 0 Å². The third-order valence-electron chi connectivity index (χ3n) is 12.5. The summed E-state index contributed by atoms with van der Waals surface area (Å²) in [7, 11) is 2.47. The predicted octanol–water partition coefficient (Wildman–Crippen LogP) is 6.66. The van der Waals surface area contributed by atoms with Gasteiger partial charge in [0, 0.05) is 24.1 Å². The molecule has 2 aromatic carbocycles. The van der Waals surface area contributed by atoms with Gasteiger partial charge >= 0.3 is 12.2 Å². The normalized spacial score (nSPS) is 19.9. The highest BCUT2D eigenvalue weighted by molar-refractivity contribution is 5.88. The lowest BCUT2D eigenvalue weighted by molar-refractivity contribution is -0.137. The summed E-state index contributed by atoms with van der Waals surface area (Å²) >= 11 is 0. The standard InChI is InChI=1S/C44H52F2N8O6/c1-22(2)36(51-42(57)59-5)40(55)53-13-7-8-32(53)38-47-19-30(49-38)28-14-24-9-11-26-16-29(17-27-12-10-25(15-28)34(24)35(26)27)31-20-48-39(50-31)33-18-44(45,46)21-54(33)41(56)37(23(3)4)52-43(58)60-6/h14-17,19-20,22-23,32-33,36-37H,7-13,18,21H2,1-6H3,(H,47,49)(H,48,50)(H,51,57)(H,52,58)/t32-,33-,36-,37-/m0/s1. The van der Waals surface area contributed by atoms with Gasteiger partial charge in [0.05, 0.1) is 56.6 Å². The fourth-order valence-electron chi connectivity index (χ4n) is 9.49. The Bertz CT molecular complexity index is 2290. The van der Waals surface area contributed by atoms with Crippen molar-refractivity contribution in [3.8, 4) is 33.6 Å². The molecule has 2 saturated heterocycles. The Morgan fingerprint density at radius 2 is 1.15 bits per heavy atom. The van der Waals surface area contributed by atoms with E-state index in [1.807, 2.05) is 24.9 Å². The average Bonchev–Trinajstić information content (AvgIpc) is 4.06. The number of methoxy groups -OCH3 is 2. The van der Waals surface area contributed by atoms with E-state index < -0.39 is 55.1 Å². The number of nitrogens with one attached hydrogen (secondary N) is 4. The summed E-state index contributed by atoms with van der Waals surface area (Å²) < 4.78 is 39.4. The molecular formula is C44H52F2N8O6. The van der Waals surface area contributed by atoms with Crippen molar-refractivity contribution in [3.63, 3.8) is 0 Å². The average molecular weight is 827 g/mol. The molecule has 4 aromatic rings. The van der Waals surface area contributed by atoms with Crippen molar-refractivity contribution in [3.05, 3.63) is 70.6 Å². The number of halogens is 2. The number of alkyl carbamates (subject to hydrolysis) is 2. The quantitative estimate of drug-likeness (QED) is 0.137. The molecule has 4 atom stereocenters. The molecule has 4 N–H and O–H groups in total. The fraction of sp³-hybridized carbons (Fsp3) is 0.500. The molecule has 0 saturated carbocycles. The van der Waals surface area contributed by atoms with E-state index >= 15 is 0 Å². The van der Waals surface area contributed by atoms with Crippen molar-refractivity contribution in [2.45, 2.75) is 103 Å². The van der Waals surface area contributed by atoms with Crippen molar-refractivity contribution >= 4 is 24.0 Å². The first-order valence-corrected chi connectivity index (χ1v) is 20.8. The Kier molecular flexibility index (Phi) is 10.9. The van der Waals surface area contributed by atoms with Crippen LogP contribution in [0.3, 0.4) is 0 Å². The highest BCUT2D eigenvalue weighted by Gasteiger charge is 2.50. The number of hydrogen-bond acceptors (Lipinski definition) is 8. The van der Waals surface area contributed by atoms with E-state index in [1.165, 1.54) is 47.6 Å². The summed E-state index contributed by atoms with van der Waals surface area (Å²) in [5.41, 5.74) is 11.0. The number of likely N-dealkylation sites (tertiary alicyclic amines) is 2. The molecule has 16 heteroatoms. The lowest BCUT2D eigenvalue weighted by atomic mass is 9.74. The largest absolute Gasteiger partial charge is 0.453 e. The van der Waals surface area contributed by atoms with E-state index in [-0.39, 0.29) is 29.6 Å². The Morgan fingerprint density at radius 3 is 1.58 bits per heavy atom. The molecule has 4 amide bonds. The van der Waals surface area contributed by atoms with Gasteiger partial charge in [-0.3, -0.25) is 9.59 Å². The van der Waals surface area contributed by atoms with E-state index in [9.17, 15) is 28.0 Å². The smallest absolute Gasteiger partial charge is 0.407 e. The maximum Gasteiger partial charge on any atom is 0.407 e. The van der Waals surface area contributed by atoms with Gasteiger partial charge in [0.15, 0.2) is 0 Å². The second-order valence-electron chi connectivity index (χ2n) is 17.2. The molecule has 2 fully saturated rings. The van der Waals surface area contributed by atoms with Crippen LogP contribution < -0.4 is 10.6 Å². The van der Waals surface area contributed by atoms with Gasteiger partial charge in [0.25, 0.3) is 5.92 Å². The number of imidazole rings is 2. The first-order valence-electron chi connectivity index (χ1n) is 20.8. The number of alkyl halides is 2. The molecule has 2 aromatic heterocycles. The van der Waals surface area contributed by atoms with E-state index in [0.29, 0.717) is 12.2 Å². The van der Waals surface area contributed by atoms with Gasteiger partial charge in [0.2, 0.25) is 11.8 Å². The molecule has 14 nitrogen and oxygen atoms in total. The molecule has 4 heterocycles. The first kappa shape index (κ1) is 41.0. The second-order valence-corrected chi connectivity index (χ2v) is 17.2. The van der Waals surface area contributed by atoms with Gasteiger partial charge in [0.1, 0.15) is 23.7 Å². The van der Waals surface area contributed by atoms with Gasteiger partial charge in [-0.1, -0.05) is 27.7 Å². The molecule has 2 aliphatic heterocycles. The molecular weight excluding hydrogens is 775 g/mol. The number of H-pyrrole nitrogens is 2. The van der Waals surface area contributed by atoms with E-state index in [2.05, 4.69) is 54.6 Å². The minimum Gasteiger partial charge on any atom is -0.453 e. The van der Waals surface area contributed by atoms with Crippen molar-refractivity contribution in [1.29, 1.82) is 0 Å². The van der Waals surface area contributed by atoms with Gasteiger partial charge in [-0.15, -0.1) is 0 Å². The summed E-state index contributed by atoms with van der Waals surface area (Å²) in [5.74, 6) is -3.38. The highest BCUT2D eigenvalue weighted by atomic mass is 19.3. The molecule has 2 aliphatic carbocycles. The van der Waals surface area contributed by atoms with Crippen LogP contribution in [0.1, 0.15) is 92.9 Å². The number of aryl methyl sites for hydroxylation is 4. The SMILES string of the molecule is COC(=O)N[C@H](C(=O)N1CCC[C@H]1c1ncc(-c2cc3c4c(c2)CCc2cc(-c5cnc([C@@H]6CC(F)(F)CN6C(=O)[C@@H](NC(=O)OC)C(C)C)[nH]5)cc(c2-4)CC3)[nH]1)C(C)C. The lowest BCUT2D eigenvalue weighted by Gasteiger charge is -2.30. The third kappa shape index (κ3) is 7.60. The van der Waals surface area contributed by atoms with Gasteiger partial charge < -0.3 is 39.9 Å². The van der Waals surface area contributed by atoms with Crippen LogP contribution in [0, 0.1) is 11.8 Å². The Balaban J connectivity index is 1.03. The predicted molar refractivity (Wildman–Crippen MR) is 218 cm³/mol. The number of carbonyl (C=O) groups is 4. The Morgan fingerprint density at radius 1 is 0.717 bits per heavy atom. The number of hydrogen-bond donors (Lipinski definition) is 4. The van der Waals surface area contributed by atoms with Crippen LogP contribution in [0.25, 0.3) is 33.6 Å². The zero-order valence-corrected chi connectivity index (χ0v) is 34.8. The van der Waals surface area contributed by atoms with Crippen LogP contribution in [-0.4, -0.2) is 99.1 Å². The highest BCUT2D eigenvalue weighted by Crippen LogP contribution is 2.47. The van der Waals surface area contributed by atoms with Crippen molar-refractivity contribution in [2.24, 2.45) is 11.8 Å². The zero-order valence-electron chi connectivity index (χ0n) is 34.8. The maximum absolute atomic E-state index is 15.0. The van der Waals surface area contributed by atoms with Crippen molar-refractivity contribution < 1.29 is 37.4 Å². The number of ether oxygens (including phenoxy) is 2. The molecule has 0 spiro atoms. The zero-order chi connectivity index (χ0) is 42.6. The molecule has 0 unspecified atom stereocenters. The number of benzene rings is 2. The summed E-state index contributed by atoms with van der Waals surface area (Å²) in [5, 5.41) is 5.21. The number of carbonyl (C=O) groups excluding carboxylic acids is 4. The molecule has 318 valence electrons. The van der Waals surface area contributed by atoms with Gasteiger partial charge in [-0.2, -0.15) is 0 Å². The number of nitrogens with zero attached hydrogens (tertiary/aromatic N) is 4. The first-order chi connectivity index (χ1) is 28.7. The summed E-state index contributed by atoms with van der Waals surface area (Å²) in [6.45, 7) is 7.07. The van der Waals surface area contributed by atoms with E-state index in [0.717, 1.165) is 66.1 Å². The number of aromatic nitrogens is 4. The molecule has 0 bridgehead atoms. The minimum absolute atomic E-state index is 0.124. The third-order valence-corrected chi connectivity index (χ3v) is 12.5. The lowest BCUT2D eigenvalue weighted by Crippen LogP contribution is -2.51. The monoisotopic (exact) mass is 826 g/mol. The van der Waals surface area contributed by atoms with Gasteiger partial charge in [-0.25, -0.2) is 28.3 Å². The molecule has 8 rings (SSSR count). The maximum atomic E-state index is 15.0. The van der Waals surface area contributed by atoms with Crippen LogP contribution in [0.15, 0.2) is 36.7 Å². The summed E-state index contributed by atoms with van der Waals surface area (Å²) in [6.07, 6.45) is 6.37. The van der Waals surface area contributed by atoms with Crippen LogP contribution in [0.2, 0.25) is 0 Å². The van der Waals surface area contributed by atoms with E-state index in [1.54, 1.807) is 20.0 Å². The summed E-state index contributed by atoms with van der Waals surface area (Å²) in [6, 6.07) is 5.81. The summed E-state index contributed by atoms with van der Waals surface area (Å²) in [4.78, 5) is 70.5. The minimum atomic E-state index is -3.12. The Labute approximate surface area is 347 Å². The van der Waals surface area contributed by atoms with E-state index in [4.69, 9.17) is 9.72 Å². The molecule has 0 radical (unpaired) electrons.